The number of nitrogens with zero attached hydrogens (tertiary/aromatic N) is 1. The lowest BCUT2D eigenvalue weighted by Gasteiger charge is -2.27. The fourth-order valence-corrected chi connectivity index (χ4v) is 3.68. The molecule has 0 radical (unpaired) electrons. The number of urea groups is 1. The molecular formula is C18H21N3O2S. The van der Waals surface area contributed by atoms with Crippen molar-refractivity contribution >= 4 is 29.0 Å². The van der Waals surface area contributed by atoms with Crippen LogP contribution in [-0.4, -0.2) is 29.4 Å². The van der Waals surface area contributed by atoms with Gasteiger partial charge in [-0.1, -0.05) is 12.1 Å². The number of para-hydroxylation sites is 1. The highest BCUT2D eigenvalue weighted by Crippen LogP contribution is 2.26. The Morgan fingerprint density at radius 1 is 1.21 bits per heavy atom. The van der Waals surface area contributed by atoms with Gasteiger partial charge in [-0.3, -0.25) is 4.79 Å². The summed E-state index contributed by atoms with van der Waals surface area (Å²) in [4.78, 5) is 28.1. The third kappa shape index (κ3) is 3.59. The van der Waals surface area contributed by atoms with E-state index in [2.05, 4.69) is 22.1 Å². The zero-order valence-corrected chi connectivity index (χ0v) is 14.7. The molecule has 0 unspecified atom stereocenters. The van der Waals surface area contributed by atoms with E-state index in [1.165, 1.54) is 10.4 Å². The molecule has 0 spiro atoms. The van der Waals surface area contributed by atoms with Crippen molar-refractivity contribution in [2.75, 3.05) is 11.9 Å². The van der Waals surface area contributed by atoms with Crippen LogP contribution in [-0.2, 0) is 13.0 Å². The summed E-state index contributed by atoms with van der Waals surface area (Å²) in [6.45, 7) is 5.12. The van der Waals surface area contributed by atoms with E-state index in [4.69, 9.17) is 0 Å². The van der Waals surface area contributed by atoms with E-state index in [1.807, 2.05) is 30.9 Å². The first kappa shape index (κ1) is 16.5. The van der Waals surface area contributed by atoms with Crippen molar-refractivity contribution < 1.29 is 9.59 Å². The Morgan fingerprint density at radius 2 is 2.00 bits per heavy atom. The lowest BCUT2D eigenvalue weighted by atomic mass is 10.1. The molecule has 0 aliphatic carbocycles. The van der Waals surface area contributed by atoms with Gasteiger partial charge in [0.1, 0.15) is 0 Å². The number of hydrogen-bond donors (Lipinski definition) is 2. The highest BCUT2D eigenvalue weighted by molar-refractivity contribution is 7.10. The van der Waals surface area contributed by atoms with E-state index in [9.17, 15) is 9.59 Å². The molecule has 2 heterocycles. The number of thiophene rings is 1. The summed E-state index contributed by atoms with van der Waals surface area (Å²) in [5.74, 6) is -0.0488. The van der Waals surface area contributed by atoms with Crippen LogP contribution in [0.1, 0.15) is 34.6 Å². The molecule has 2 aromatic rings. The number of hydrogen-bond acceptors (Lipinski definition) is 3. The normalized spacial score (nSPS) is 13.5. The maximum atomic E-state index is 12.9. The Morgan fingerprint density at radius 3 is 2.79 bits per heavy atom. The van der Waals surface area contributed by atoms with Crippen molar-refractivity contribution in [2.24, 2.45) is 0 Å². The maximum absolute atomic E-state index is 12.9. The molecule has 0 bridgehead atoms. The second-order valence-electron chi connectivity index (χ2n) is 6.14. The molecular weight excluding hydrogens is 322 g/mol. The van der Waals surface area contributed by atoms with Crippen molar-refractivity contribution in [3.63, 3.8) is 0 Å². The van der Waals surface area contributed by atoms with Crippen molar-refractivity contribution in [1.82, 2.24) is 10.2 Å². The van der Waals surface area contributed by atoms with Gasteiger partial charge in [0.15, 0.2) is 0 Å². The quantitative estimate of drug-likeness (QED) is 0.896. The highest BCUT2D eigenvalue weighted by Gasteiger charge is 2.24. The summed E-state index contributed by atoms with van der Waals surface area (Å²) < 4.78 is 0. The smallest absolute Gasteiger partial charge is 0.319 e. The highest BCUT2D eigenvalue weighted by atomic mass is 32.1. The molecule has 0 saturated heterocycles. The molecule has 0 fully saturated rings. The lowest BCUT2D eigenvalue weighted by Crippen LogP contribution is -2.37. The van der Waals surface area contributed by atoms with Gasteiger partial charge < -0.3 is 15.5 Å². The number of carbonyl (C=O) groups is 2. The Balaban J connectivity index is 1.77. The second kappa shape index (κ2) is 7.05. The van der Waals surface area contributed by atoms with E-state index in [1.54, 1.807) is 23.5 Å². The van der Waals surface area contributed by atoms with E-state index in [0.717, 1.165) is 6.42 Å². The minimum absolute atomic E-state index is 0.0342. The summed E-state index contributed by atoms with van der Waals surface area (Å²) in [5, 5.41) is 7.63. The van der Waals surface area contributed by atoms with Crippen LogP contribution in [0.5, 0.6) is 0 Å². The second-order valence-corrected chi connectivity index (χ2v) is 7.15. The predicted octanol–water partition coefficient (Wildman–Crippen LogP) is 3.48. The number of fused-ring (bicyclic) bond motifs is 1. The molecule has 6 heteroatoms. The summed E-state index contributed by atoms with van der Waals surface area (Å²) in [6.07, 6.45) is 0.891. The van der Waals surface area contributed by atoms with Gasteiger partial charge in [0.2, 0.25) is 0 Å². The summed E-state index contributed by atoms with van der Waals surface area (Å²) in [6, 6.07) is 8.97. The molecule has 0 atom stereocenters. The van der Waals surface area contributed by atoms with Gasteiger partial charge in [0.05, 0.1) is 11.3 Å². The fourth-order valence-electron chi connectivity index (χ4n) is 2.79. The van der Waals surface area contributed by atoms with Crippen molar-refractivity contribution in [3.8, 4) is 0 Å². The van der Waals surface area contributed by atoms with Crippen LogP contribution < -0.4 is 10.6 Å². The molecule has 0 saturated carbocycles. The van der Waals surface area contributed by atoms with Crippen molar-refractivity contribution in [3.05, 3.63) is 51.7 Å². The van der Waals surface area contributed by atoms with Crippen molar-refractivity contribution in [2.45, 2.75) is 32.9 Å². The first-order chi connectivity index (χ1) is 11.5. The van der Waals surface area contributed by atoms with E-state index >= 15 is 0 Å². The van der Waals surface area contributed by atoms with Crippen LogP contribution in [0.2, 0.25) is 0 Å². The number of anilines is 1. The topological polar surface area (TPSA) is 61.4 Å². The summed E-state index contributed by atoms with van der Waals surface area (Å²) in [7, 11) is 0. The Labute approximate surface area is 145 Å². The zero-order valence-electron chi connectivity index (χ0n) is 13.8. The molecule has 1 aliphatic rings. The third-order valence-corrected chi connectivity index (χ3v) is 4.94. The lowest BCUT2D eigenvalue weighted by molar-refractivity contribution is 0.0737. The van der Waals surface area contributed by atoms with Gasteiger partial charge in [-0.15, -0.1) is 11.3 Å². The average Bonchev–Trinajstić information content (AvgIpc) is 3.01. The van der Waals surface area contributed by atoms with Crippen LogP contribution in [0.25, 0.3) is 0 Å². The molecule has 3 rings (SSSR count). The summed E-state index contributed by atoms with van der Waals surface area (Å²) >= 11 is 1.75. The number of carbonyl (C=O) groups excluding carboxylic acids is 2. The molecule has 24 heavy (non-hydrogen) atoms. The van der Waals surface area contributed by atoms with Gasteiger partial charge in [-0.25, -0.2) is 4.79 Å². The van der Waals surface area contributed by atoms with Crippen LogP contribution in [0.3, 0.4) is 0 Å². The monoisotopic (exact) mass is 343 g/mol. The van der Waals surface area contributed by atoms with Crippen LogP contribution in [0.4, 0.5) is 10.5 Å². The first-order valence-corrected chi connectivity index (χ1v) is 8.93. The average molecular weight is 343 g/mol. The number of nitrogens with one attached hydrogen (secondary N) is 2. The third-order valence-electron chi connectivity index (χ3n) is 3.92. The summed E-state index contributed by atoms with van der Waals surface area (Å²) in [5.41, 5.74) is 2.29. The first-order valence-electron chi connectivity index (χ1n) is 8.05. The van der Waals surface area contributed by atoms with Gasteiger partial charge >= 0.3 is 6.03 Å². The predicted molar refractivity (Wildman–Crippen MR) is 96.5 cm³/mol. The SMILES string of the molecule is CC(C)NC(=O)Nc1ccccc1C(=O)N1CCc2sccc2C1. The molecule has 2 N–H and O–H groups in total. The number of rotatable bonds is 3. The van der Waals surface area contributed by atoms with E-state index in [-0.39, 0.29) is 18.0 Å². The minimum atomic E-state index is -0.302. The van der Waals surface area contributed by atoms with Gasteiger partial charge in [0, 0.05) is 24.0 Å². The van der Waals surface area contributed by atoms with Crippen molar-refractivity contribution in [1.29, 1.82) is 0 Å². The van der Waals surface area contributed by atoms with E-state index < -0.39 is 0 Å². The molecule has 5 nitrogen and oxygen atoms in total. The molecule has 3 amide bonds. The van der Waals surface area contributed by atoms with Crippen LogP contribution in [0, 0.1) is 0 Å². The van der Waals surface area contributed by atoms with E-state index in [0.29, 0.717) is 24.3 Å². The zero-order chi connectivity index (χ0) is 17.1. The minimum Gasteiger partial charge on any atom is -0.336 e. The number of amides is 3. The Kier molecular flexibility index (Phi) is 4.85. The van der Waals surface area contributed by atoms with Crippen LogP contribution >= 0.6 is 11.3 Å². The standard InChI is InChI=1S/C18H21N3O2S/c1-12(2)19-18(23)20-15-6-4-3-5-14(15)17(22)21-9-7-16-13(11-21)8-10-24-16/h3-6,8,10,12H,7,9,11H2,1-2H3,(H2,19,20,23). The van der Waals surface area contributed by atoms with Crippen LogP contribution in [0.15, 0.2) is 35.7 Å². The maximum Gasteiger partial charge on any atom is 0.319 e. The largest absolute Gasteiger partial charge is 0.336 e. The Bertz CT molecular complexity index is 754. The molecule has 1 aromatic carbocycles. The molecule has 1 aromatic heterocycles. The van der Waals surface area contributed by atoms with Gasteiger partial charge in [0.25, 0.3) is 5.91 Å². The van der Waals surface area contributed by atoms with Gasteiger partial charge in [-0.2, -0.15) is 0 Å². The molecule has 1 aliphatic heterocycles. The van der Waals surface area contributed by atoms with Gasteiger partial charge in [-0.05, 0) is 49.4 Å². The molecule has 126 valence electrons. The Hall–Kier alpha value is -2.34. The number of benzene rings is 1. The fraction of sp³-hybridized carbons (Fsp3) is 0.333.